The number of nitrogens with zero attached hydrogens (tertiary/aromatic N) is 1. The fourth-order valence-corrected chi connectivity index (χ4v) is 2.53. The van der Waals surface area contributed by atoms with E-state index in [1.54, 1.807) is 22.8 Å². The van der Waals surface area contributed by atoms with Gasteiger partial charge in [0.25, 0.3) is 0 Å². The Hall–Kier alpha value is -3.21. The number of benzene rings is 2. The first-order valence-corrected chi connectivity index (χ1v) is 7.49. The maximum Gasteiger partial charge on any atom is 0.369 e. The number of hydrogen-bond donors (Lipinski definition) is 1. The third-order valence-electron chi connectivity index (χ3n) is 3.64. The molecule has 0 aliphatic heterocycles. The zero-order chi connectivity index (χ0) is 16.9. The predicted molar refractivity (Wildman–Crippen MR) is 88.0 cm³/mol. The summed E-state index contributed by atoms with van der Waals surface area (Å²) in [4.78, 5) is 23.3. The lowest BCUT2D eigenvalue weighted by Crippen LogP contribution is -2.41. The Morgan fingerprint density at radius 2 is 1.62 bits per heavy atom. The van der Waals surface area contributed by atoms with Gasteiger partial charge in [-0.05, 0) is 12.1 Å². The van der Waals surface area contributed by atoms with Crippen LogP contribution < -0.4 is 9.30 Å². The van der Waals surface area contributed by atoms with Gasteiger partial charge in [0.2, 0.25) is 17.8 Å². The van der Waals surface area contributed by atoms with E-state index in [4.69, 9.17) is 9.84 Å². The molecule has 1 heterocycles. The molecule has 2 aromatic carbocycles. The highest BCUT2D eigenvalue weighted by atomic mass is 16.5. The van der Waals surface area contributed by atoms with Crippen LogP contribution in [0, 0.1) is 0 Å². The maximum atomic E-state index is 12.6. The Morgan fingerprint density at radius 1 is 0.917 bits per heavy atom. The highest BCUT2D eigenvalue weighted by Crippen LogP contribution is 2.15. The van der Waals surface area contributed by atoms with Gasteiger partial charge in [0.15, 0.2) is 6.61 Å². The summed E-state index contributed by atoms with van der Waals surface area (Å²) in [7, 11) is 0. The second-order valence-corrected chi connectivity index (χ2v) is 5.29. The molecule has 0 atom stereocenters. The molecular formula is C19H16NO4+. The normalized spacial score (nSPS) is 10.5. The van der Waals surface area contributed by atoms with Crippen molar-refractivity contribution in [1.82, 2.24) is 0 Å². The molecule has 24 heavy (non-hydrogen) atoms. The van der Waals surface area contributed by atoms with Gasteiger partial charge in [0.05, 0.1) is 6.07 Å². The molecule has 3 aromatic rings. The minimum absolute atomic E-state index is 0.0698. The van der Waals surface area contributed by atoms with Crippen molar-refractivity contribution in [2.75, 3.05) is 6.61 Å². The zero-order valence-electron chi connectivity index (χ0n) is 12.9. The minimum Gasteiger partial charge on any atom is -0.479 e. The molecule has 0 amide bonds. The monoisotopic (exact) mass is 322 g/mol. The number of carbonyl (C=O) groups is 2. The molecule has 0 bridgehead atoms. The van der Waals surface area contributed by atoms with E-state index in [-0.39, 0.29) is 12.3 Å². The number of carbonyl (C=O) groups excluding carboxylic acids is 1. The first-order chi connectivity index (χ1) is 11.6. The molecule has 0 aliphatic carbocycles. The summed E-state index contributed by atoms with van der Waals surface area (Å²) < 4.78 is 7.06. The average molecular weight is 322 g/mol. The quantitative estimate of drug-likeness (QED) is 0.559. The maximum absolute atomic E-state index is 12.6. The van der Waals surface area contributed by atoms with Gasteiger partial charge in [0.1, 0.15) is 0 Å². The van der Waals surface area contributed by atoms with Crippen LogP contribution in [0.3, 0.4) is 0 Å². The number of ketones is 1. The number of hydrogen-bond acceptors (Lipinski definition) is 3. The predicted octanol–water partition coefficient (Wildman–Crippen LogP) is 2.47. The highest BCUT2D eigenvalue weighted by Gasteiger charge is 2.22. The third-order valence-corrected chi connectivity index (χ3v) is 3.64. The molecule has 0 aliphatic rings. The van der Waals surface area contributed by atoms with Crippen LogP contribution in [0.2, 0.25) is 0 Å². The number of carboxylic acids is 1. The minimum atomic E-state index is -1.07. The van der Waals surface area contributed by atoms with Gasteiger partial charge in [-0.3, -0.25) is 4.79 Å². The van der Waals surface area contributed by atoms with Crippen LogP contribution in [0.5, 0.6) is 5.88 Å². The van der Waals surface area contributed by atoms with E-state index in [0.29, 0.717) is 11.4 Å². The molecule has 0 spiro atoms. The average Bonchev–Trinajstić information content (AvgIpc) is 2.61. The van der Waals surface area contributed by atoms with E-state index < -0.39 is 12.6 Å². The van der Waals surface area contributed by atoms with Crippen LogP contribution in [0.15, 0.2) is 66.7 Å². The Bertz CT molecular complexity index is 890. The van der Waals surface area contributed by atoms with Crippen molar-refractivity contribution in [3.05, 3.63) is 72.3 Å². The Kier molecular flexibility index (Phi) is 4.52. The van der Waals surface area contributed by atoms with Crippen LogP contribution in [0.25, 0.3) is 10.9 Å². The van der Waals surface area contributed by atoms with E-state index in [9.17, 15) is 9.59 Å². The van der Waals surface area contributed by atoms with Crippen molar-refractivity contribution in [2.45, 2.75) is 6.54 Å². The molecule has 1 N–H and O–H groups in total. The van der Waals surface area contributed by atoms with Crippen molar-refractivity contribution in [3.63, 3.8) is 0 Å². The van der Waals surface area contributed by atoms with Gasteiger partial charge in [-0.2, -0.15) is 4.57 Å². The standard InChI is InChI=1S/C19H15NO4/c21-17(15-7-2-1-3-8-15)12-20-16-9-5-4-6-14(16)10-11-18(20)24-13-19(22)23/h1-11H,12-13H2/p+1. The number of para-hydroxylation sites is 1. The van der Waals surface area contributed by atoms with Gasteiger partial charge in [-0.1, -0.05) is 42.5 Å². The summed E-state index contributed by atoms with van der Waals surface area (Å²) in [6.07, 6.45) is 0. The molecule has 3 rings (SSSR count). The molecule has 5 heteroatoms. The number of carboxylic acid groups (broad SMARTS) is 1. The van der Waals surface area contributed by atoms with Gasteiger partial charge in [-0.15, -0.1) is 0 Å². The van der Waals surface area contributed by atoms with E-state index in [1.807, 2.05) is 48.5 Å². The van der Waals surface area contributed by atoms with Crippen LogP contribution in [0.1, 0.15) is 10.4 Å². The first-order valence-electron chi connectivity index (χ1n) is 7.49. The van der Waals surface area contributed by atoms with E-state index >= 15 is 0 Å². The molecule has 1 aromatic heterocycles. The fraction of sp³-hybridized carbons (Fsp3) is 0.105. The summed E-state index contributed by atoms with van der Waals surface area (Å²) >= 11 is 0. The van der Waals surface area contributed by atoms with E-state index in [1.165, 1.54) is 0 Å². The number of rotatable bonds is 6. The van der Waals surface area contributed by atoms with E-state index in [0.717, 1.165) is 10.9 Å². The molecule has 0 saturated carbocycles. The lowest BCUT2D eigenvalue weighted by Gasteiger charge is -2.07. The van der Waals surface area contributed by atoms with Crippen molar-refractivity contribution >= 4 is 22.7 Å². The summed E-state index contributed by atoms with van der Waals surface area (Å²) in [6.45, 7) is -0.391. The van der Waals surface area contributed by atoms with Crippen LogP contribution in [-0.4, -0.2) is 23.5 Å². The van der Waals surface area contributed by atoms with Crippen molar-refractivity contribution in [2.24, 2.45) is 0 Å². The third kappa shape index (κ3) is 3.41. The molecular weight excluding hydrogens is 306 g/mol. The first kappa shape index (κ1) is 15.7. The van der Waals surface area contributed by atoms with Crippen LogP contribution in [-0.2, 0) is 11.3 Å². The molecule has 5 nitrogen and oxygen atoms in total. The summed E-state index contributed by atoms with van der Waals surface area (Å²) in [5.74, 6) is -0.790. The number of aliphatic carboxylic acids is 1. The Morgan fingerprint density at radius 3 is 2.38 bits per heavy atom. The van der Waals surface area contributed by atoms with Gasteiger partial charge in [-0.25, -0.2) is 4.79 Å². The molecule has 0 fully saturated rings. The molecule has 120 valence electrons. The summed E-state index contributed by atoms with van der Waals surface area (Å²) in [5.41, 5.74) is 1.41. The summed E-state index contributed by atoms with van der Waals surface area (Å²) in [5, 5.41) is 9.78. The Labute approximate surface area is 138 Å². The Balaban J connectivity index is 2.01. The van der Waals surface area contributed by atoms with Crippen molar-refractivity contribution in [1.29, 1.82) is 0 Å². The lowest BCUT2D eigenvalue weighted by atomic mass is 10.1. The number of aromatic nitrogens is 1. The molecule has 0 radical (unpaired) electrons. The van der Waals surface area contributed by atoms with E-state index in [2.05, 4.69) is 0 Å². The lowest BCUT2D eigenvalue weighted by molar-refractivity contribution is -0.662. The SMILES string of the molecule is O=C(O)COc1ccc2ccccc2[n+]1CC(=O)c1ccccc1. The second-order valence-electron chi connectivity index (χ2n) is 5.29. The molecule has 0 saturated heterocycles. The topological polar surface area (TPSA) is 67.5 Å². The van der Waals surface area contributed by atoms with Gasteiger partial charge >= 0.3 is 11.8 Å². The molecule has 0 unspecified atom stereocenters. The van der Waals surface area contributed by atoms with Crippen molar-refractivity contribution in [3.8, 4) is 5.88 Å². The second kappa shape index (κ2) is 6.91. The fourth-order valence-electron chi connectivity index (χ4n) is 2.53. The number of pyridine rings is 1. The largest absolute Gasteiger partial charge is 0.479 e. The van der Waals surface area contributed by atoms with Gasteiger partial charge in [0, 0.05) is 17.0 Å². The number of Topliss-reactive ketones (excluding diaryl/α,β-unsaturated/α-hetero) is 1. The van der Waals surface area contributed by atoms with Crippen molar-refractivity contribution < 1.29 is 24.0 Å². The van der Waals surface area contributed by atoms with Crippen LogP contribution in [0.4, 0.5) is 0 Å². The summed E-state index contributed by atoms with van der Waals surface area (Å²) in [6, 6.07) is 20.1. The smallest absolute Gasteiger partial charge is 0.369 e. The highest BCUT2D eigenvalue weighted by molar-refractivity contribution is 5.95. The van der Waals surface area contributed by atoms with Gasteiger partial charge < -0.3 is 9.84 Å². The van der Waals surface area contributed by atoms with Crippen LogP contribution >= 0.6 is 0 Å². The number of fused-ring (bicyclic) bond motifs is 1. The zero-order valence-corrected chi connectivity index (χ0v) is 12.9. The number of ether oxygens (including phenoxy) is 1.